The van der Waals surface area contributed by atoms with Crippen molar-refractivity contribution in [1.29, 1.82) is 0 Å². The zero-order valence-corrected chi connectivity index (χ0v) is 16.3. The second kappa shape index (κ2) is 5.58. The molecule has 0 amide bonds. The highest BCUT2D eigenvalue weighted by molar-refractivity contribution is 14.1. The predicted octanol–water partition coefficient (Wildman–Crippen LogP) is 5.83. The van der Waals surface area contributed by atoms with Gasteiger partial charge in [0.2, 0.25) is 0 Å². The van der Waals surface area contributed by atoms with Crippen molar-refractivity contribution in [3.05, 3.63) is 29.8 Å². The summed E-state index contributed by atoms with van der Waals surface area (Å²) in [5, 5.41) is 0.526. The lowest BCUT2D eigenvalue weighted by molar-refractivity contribution is 0.564. The van der Waals surface area contributed by atoms with Crippen LogP contribution in [0, 0.1) is 10.5 Å². The van der Waals surface area contributed by atoms with Crippen LogP contribution in [0.3, 0.4) is 0 Å². The largest absolute Gasteiger partial charge is 0.231 e. The Morgan fingerprint density at radius 2 is 1.95 bits per heavy atom. The Kier molecular flexibility index (Phi) is 4.60. The first kappa shape index (κ1) is 15.7. The highest BCUT2D eigenvalue weighted by Gasteiger charge is 2.23. The summed E-state index contributed by atoms with van der Waals surface area (Å²) in [6.45, 7) is 8.46. The van der Waals surface area contributed by atoms with E-state index in [0.29, 0.717) is 11.0 Å². The van der Waals surface area contributed by atoms with Crippen molar-refractivity contribution in [2.24, 2.45) is 0 Å². The summed E-state index contributed by atoms with van der Waals surface area (Å²) in [7, 11) is 0. The van der Waals surface area contributed by atoms with Crippen LogP contribution in [0.1, 0.15) is 31.3 Å². The van der Waals surface area contributed by atoms with Gasteiger partial charge in [-0.25, -0.2) is 9.97 Å². The number of hydrogen-bond donors (Lipinski definition) is 0. The van der Waals surface area contributed by atoms with Crippen LogP contribution in [-0.4, -0.2) is 9.97 Å². The molecule has 2 nitrogen and oxygen atoms in total. The third-order valence-corrected chi connectivity index (χ3v) is 6.35. The van der Waals surface area contributed by atoms with Crippen molar-refractivity contribution in [3.63, 3.8) is 0 Å². The molecule has 0 spiro atoms. The van der Waals surface area contributed by atoms with Crippen molar-refractivity contribution in [2.45, 2.75) is 33.1 Å². The topological polar surface area (TPSA) is 25.8 Å². The number of thiophene rings is 1. The van der Waals surface area contributed by atoms with Crippen LogP contribution >= 0.6 is 61.5 Å². The van der Waals surface area contributed by atoms with E-state index >= 15 is 0 Å². The highest BCUT2D eigenvalue weighted by Crippen LogP contribution is 2.36. The zero-order chi connectivity index (χ0) is 14.4. The Morgan fingerprint density at radius 1 is 1.32 bits per heavy atom. The molecule has 0 atom stereocenters. The standard InChI is InChI=1S/C13H13BrClIN2S/c1-6-7(14)5-8(19-6)12-17-10(13(2,3)4)9(16)11(15)18-12/h5H,1-4H3. The number of aromatic nitrogens is 2. The number of nitrogens with zero attached hydrogens (tertiary/aromatic N) is 2. The van der Waals surface area contributed by atoms with Gasteiger partial charge in [0.15, 0.2) is 5.82 Å². The summed E-state index contributed by atoms with van der Waals surface area (Å²) in [5.74, 6) is 0.703. The van der Waals surface area contributed by atoms with Crippen molar-refractivity contribution < 1.29 is 0 Å². The molecule has 0 saturated heterocycles. The molecule has 19 heavy (non-hydrogen) atoms. The first-order chi connectivity index (χ1) is 8.70. The SMILES string of the molecule is Cc1sc(-c2nc(Cl)c(I)c(C(C)(C)C)n2)cc1Br. The molecule has 2 aromatic heterocycles. The smallest absolute Gasteiger partial charge is 0.171 e. The summed E-state index contributed by atoms with van der Waals surface area (Å²) in [6.07, 6.45) is 0. The lowest BCUT2D eigenvalue weighted by Gasteiger charge is -2.20. The van der Waals surface area contributed by atoms with Gasteiger partial charge in [-0.15, -0.1) is 11.3 Å². The second-order valence-corrected chi connectivity index (χ2v) is 8.81. The highest BCUT2D eigenvalue weighted by atomic mass is 127. The summed E-state index contributed by atoms with van der Waals surface area (Å²) in [5.41, 5.74) is 0.937. The van der Waals surface area contributed by atoms with E-state index in [1.54, 1.807) is 11.3 Å². The van der Waals surface area contributed by atoms with Gasteiger partial charge in [-0.05, 0) is 51.5 Å². The van der Waals surface area contributed by atoms with Crippen LogP contribution in [0.4, 0.5) is 0 Å². The predicted molar refractivity (Wildman–Crippen MR) is 94.2 cm³/mol. The molecule has 0 saturated carbocycles. The molecule has 6 heteroatoms. The summed E-state index contributed by atoms with van der Waals surface area (Å²) in [4.78, 5) is 11.4. The van der Waals surface area contributed by atoms with Crippen molar-refractivity contribution >= 4 is 61.5 Å². The van der Waals surface area contributed by atoms with Crippen LogP contribution in [-0.2, 0) is 5.41 Å². The molecular formula is C13H13BrClIN2S. The Bertz CT molecular complexity index is 615. The molecule has 0 radical (unpaired) electrons. The lowest BCUT2D eigenvalue weighted by atomic mass is 9.92. The lowest BCUT2D eigenvalue weighted by Crippen LogP contribution is -2.17. The molecule has 0 aliphatic carbocycles. The second-order valence-electron chi connectivity index (χ2n) is 5.27. The van der Waals surface area contributed by atoms with Gasteiger partial charge in [0.25, 0.3) is 0 Å². The average Bonchev–Trinajstić information content (AvgIpc) is 2.61. The van der Waals surface area contributed by atoms with Gasteiger partial charge in [0.1, 0.15) is 5.15 Å². The molecule has 0 fully saturated rings. The fraction of sp³-hybridized carbons (Fsp3) is 0.385. The van der Waals surface area contributed by atoms with E-state index < -0.39 is 0 Å². The molecule has 0 aliphatic heterocycles. The molecule has 0 N–H and O–H groups in total. The van der Waals surface area contributed by atoms with Gasteiger partial charge in [0.05, 0.1) is 14.1 Å². The van der Waals surface area contributed by atoms with Gasteiger partial charge in [0, 0.05) is 14.8 Å². The summed E-state index contributed by atoms with van der Waals surface area (Å²) >= 11 is 13.7. The fourth-order valence-electron chi connectivity index (χ4n) is 1.60. The Labute approximate surface area is 144 Å². The minimum Gasteiger partial charge on any atom is -0.231 e. The van der Waals surface area contributed by atoms with E-state index in [2.05, 4.69) is 71.2 Å². The zero-order valence-electron chi connectivity index (χ0n) is 11.0. The summed E-state index contributed by atoms with van der Waals surface area (Å²) < 4.78 is 2.02. The van der Waals surface area contributed by atoms with E-state index in [1.165, 1.54) is 4.88 Å². The number of aryl methyl sites for hydroxylation is 1. The molecule has 2 rings (SSSR count). The van der Waals surface area contributed by atoms with Crippen LogP contribution in [0.25, 0.3) is 10.7 Å². The molecule has 2 aromatic rings. The minimum absolute atomic E-state index is 0.0542. The van der Waals surface area contributed by atoms with Crippen molar-refractivity contribution in [3.8, 4) is 10.7 Å². The molecular weight excluding hydrogens is 458 g/mol. The fourth-order valence-corrected chi connectivity index (χ4v) is 4.29. The third kappa shape index (κ3) is 3.31. The van der Waals surface area contributed by atoms with Crippen molar-refractivity contribution in [1.82, 2.24) is 9.97 Å². The van der Waals surface area contributed by atoms with Crippen LogP contribution < -0.4 is 0 Å². The van der Waals surface area contributed by atoms with E-state index in [1.807, 2.05) is 6.07 Å². The quantitative estimate of drug-likeness (QED) is 0.386. The Balaban J connectivity index is 2.63. The van der Waals surface area contributed by atoms with Crippen LogP contribution in [0.5, 0.6) is 0 Å². The van der Waals surface area contributed by atoms with Gasteiger partial charge < -0.3 is 0 Å². The number of rotatable bonds is 1. The molecule has 0 aliphatic rings. The van der Waals surface area contributed by atoms with Gasteiger partial charge in [-0.3, -0.25) is 0 Å². The van der Waals surface area contributed by atoms with Crippen LogP contribution in [0.15, 0.2) is 10.5 Å². The van der Waals surface area contributed by atoms with E-state index in [-0.39, 0.29) is 5.41 Å². The average molecular weight is 472 g/mol. The minimum atomic E-state index is -0.0542. The summed E-state index contributed by atoms with van der Waals surface area (Å²) in [6, 6.07) is 2.05. The van der Waals surface area contributed by atoms with Crippen LogP contribution in [0.2, 0.25) is 5.15 Å². The molecule has 0 bridgehead atoms. The molecule has 102 valence electrons. The maximum Gasteiger partial charge on any atom is 0.171 e. The van der Waals surface area contributed by atoms with Gasteiger partial charge in [-0.1, -0.05) is 32.4 Å². The van der Waals surface area contributed by atoms with E-state index in [0.717, 1.165) is 18.6 Å². The Hall–Kier alpha value is 0.280. The van der Waals surface area contributed by atoms with Gasteiger partial charge >= 0.3 is 0 Å². The first-order valence-electron chi connectivity index (χ1n) is 5.70. The normalized spacial score (nSPS) is 11.9. The van der Waals surface area contributed by atoms with Crippen molar-refractivity contribution in [2.75, 3.05) is 0 Å². The first-order valence-corrected chi connectivity index (χ1v) is 8.76. The van der Waals surface area contributed by atoms with E-state index in [4.69, 9.17) is 16.6 Å². The van der Waals surface area contributed by atoms with E-state index in [9.17, 15) is 0 Å². The number of halogens is 3. The maximum atomic E-state index is 6.26. The van der Waals surface area contributed by atoms with Gasteiger partial charge in [-0.2, -0.15) is 0 Å². The monoisotopic (exact) mass is 470 g/mol. The molecule has 0 unspecified atom stereocenters. The number of hydrogen-bond acceptors (Lipinski definition) is 3. The molecule has 2 heterocycles. The Morgan fingerprint density at radius 3 is 2.42 bits per heavy atom. The third-order valence-electron chi connectivity index (χ3n) is 2.60. The molecule has 0 aromatic carbocycles. The maximum absolute atomic E-state index is 6.26.